The summed E-state index contributed by atoms with van der Waals surface area (Å²) >= 11 is 0. The van der Waals surface area contributed by atoms with Crippen molar-refractivity contribution in [3.63, 3.8) is 0 Å². The molecule has 1 unspecified atom stereocenters. The maximum atomic E-state index is 12.0. The predicted molar refractivity (Wildman–Crippen MR) is 112 cm³/mol. The Kier molecular flexibility index (Phi) is 9.16. The zero-order valence-electron chi connectivity index (χ0n) is 15.7. The summed E-state index contributed by atoms with van der Waals surface area (Å²) in [7, 11) is 0. The van der Waals surface area contributed by atoms with E-state index in [1.54, 1.807) is 0 Å². The van der Waals surface area contributed by atoms with Crippen LogP contribution in [0.25, 0.3) is 0 Å². The first-order valence-electron chi connectivity index (χ1n) is 9.58. The van der Waals surface area contributed by atoms with Crippen molar-refractivity contribution >= 4 is 18.3 Å². The van der Waals surface area contributed by atoms with Gasteiger partial charge in [0, 0.05) is 6.54 Å². The minimum atomic E-state index is -0.00529. The van der Waals surface area contributed by atoms with Crippen molar-refractivity contribution in [1.82, 2.24) is 10.6 Å². The lowest BCUT2D eigenvalue weighted by molar-refractivity contribution is -0.122. The predicted octanol–water partition coefficient (Wildman–Crippen LogP) is 3.53. The molecule has 2 N–H and O–H groups in total. The monoisotopic (exact) mass is 388 g/mol. The van der Waals surface area contributed by atoms with Crippen LogP contribution < -0.4 is 15.4 Å². The number of halogens is 1. The first-order chi connectivity index (χ1) is 12.8. The molecule has 1 heterocycles. The van der Waals surface area contributed by atoms with Gasteiger partial charge in [-0.05, 0) is 61.9 Å². The van der Waals surface area contributed by atoms with Gasteiger partial charge in [-0.1, -0.05) is 42.5 Å². The summed E-state index contributed by atoms with van der Waals surface area (Å²) in [6.07, 6.45) is 4.88. The highest BCUT2D eigenvalue weighted by Gasteiger charge is 2.21. The second kappa shape index (κ2) is 11.6. The van der Waals surface area contributed by atoms with Gasteiger partial charge in [-0.3, -0.25) is 4.79 Å². The molecule has 5 heteroatoms. The summed E-state index contributed by atoms with van der Waals surface area (Å²) in [6, 6.07) is 18.6. The first kappa shape index (κ1) is 21.3. The van der Waals surface area contributed by atoms with E-state index in [0.717, 1.165) is 44.4 Å². The zero-order chi connectivity index (χ0) is 18.0. The highest BCUT2D eigenvalue weighted by atomic mass is 35.5. The second-order valence-electron chi connectivity index (χ2n) is 6.77. The van der Waals surface area contributed by atoms with Gasteiger partial charge in [-0.25, -0.2) is 0 Å². The number of carbonyl (C=O) groups excluding carboxylic acids is 1. The van der Waals surface area contributed by atoms with Crippen LogP contribution in [0.1, 0.15) is 30.4 Å². The fraction of sp³-hybridized carbons (Fsp3) is 0.409. The standard InChI is InChI=1S/C22H28N2O2.ClH/c25-22(21-12-5-14-23-21)24-15-13-19-9-4-11-20(17-19)26-16-6-10-18-7-2-1-3-8-18;/h1-4,7-9,11,17,21,23H,5-6,10,12-16H2,(H,24,25);1H. The van der Waals surface area contributed by atoms with Gasteiger partial charge in [0.2, 0.25) is 5.91 Å². The van der Waals surface area contributed by atoms with Gasteiger partial charge in [0.25, 0.3) is 0 Å². The molecule has 0 aromatic heterocycles. The average Bonchev–Trinajstić information content (AvgIpc) is 3.21. The molecule has 1 amide bonds. The molecule has 0 spiro atoms. The minimum absolute atomic E-state index is 0. The zero-order valence-corrected chi connectivity index (χ0v) is 16.5. The van der Waals surface area contributed by atoms with Crippen molar-refractivity contribution < 1.29 is 9.53 Å². The number of ether oxygens (including phenoxy) is 1. The van der Waals surface area contributed by atoms with Crippen LogP contribution in [0.15, 0.2) is 54.6 Å². The van der Waals surface area contributed by atoms with Crippen molar-refractivity contribution in [2.45, 2.75) is 38.1 Å². The maximum Gasteiger partial charge on any atom is 0.237 e. The van der Waals surface area contributed by atoms with Gasteiger partial charge < -0.3 is 15.4 Å². The minimum Gasteiger partial charge on any atom is -0.494 e. The van der Waals surface area contributed by atoms with Gasteiger partial charge in [0.05, 0.1) is 12.6 Å². The summed E-state index contributed by atoms with van der Waals surface area (Å²) in [5, 5.41) is 6.24. The number of benzene rings is 2. The van der Waals surface area contributed by atoms with Gasteiger partial charge in [0.1, 0.15) is 5.75 Å². The van der Waals surface area contributed by atoms with E-state index in [1.807, 2.05) is 18.2 Å². The SMILES string of the molecule is Cl.O=C(NCCc1cccc(OCCCc2ccccc2)c1)C1CCCN1. The molecule has 1 fully saturated rings. The molecule has 0 bridgehead atoms. The topological polar surface area (TPSA) is 50.4 Å². The smallest absolute Gasteiger partial charge is 0.237 e. The van der Waals surface area contributed by atoms with Crippen molar-refractivity contribution in [3.8, 4) is 5.75 Å². The molecule has 0 radical (unpaired) electrons. The lowest BCUT2D eigenvalue weighted by Crippen LogP contribution is -2.41. The molecule has 1 saturated heterocycles. The highest BCUT2D eigenvalue weighted by molar-refractivity contribution is 5.85. The maximum absolute atomic E-state index is 12.0. The van der Waals surface area contributed by atoms with Gasteiger partial charge in [0.15, 0.2) is 0 Å². The first-order valence-corrected chi connectivity index (χ1v) is 9.58. The van der Waals surface area contributed by atoms with Crippen molar-refractivity contribution in [1.29, 1.82) is 0 Å². The van der Waals surface area contributed by atoms with E-state index in [-0.39, 0.29) is 24.4 Å². The fourth-order valence-corrected chi connectivity index (χ4v) is 3.26. The van der Waals surface area contributed by atoms with E-state index >= 15 is 0 Å². The molecule has 2 aromatic rings. The quantitative estimate of drug-likeness (QED) is 0.646. The number of amides is 1. The molecule has 27 heavy (non-hydrogen) atoms. The molecule has 1 atom stereocenters. The highest BCUT2D eigenvalue weighted by Crippen LogP contribution is 2.14. The number of aryl methyl sites for hydroxylation is 1. The van der Waals surface area contributed by atoms with Gasteiger partial charge in [-0.2, -0.15) is 0 Å². The number of hydrogen-bond donors (Lipinski definition) is 2. The van der Waals surface area contributed by atoms with Gasteiger partial charge >= 0.3 is 0 Å². The number of rotatable bonds is 9. The number of carbonyl (C=O) groups is 1. The van der Waals surface area contributed by atoms with Crippen LogP contribution in [0.3, 0.4) is 0 Å². The van der Waals surface area contributed by atoms with Crippen molar-refractivity contribution in [3.05, 3.63) is 65.7 Å². The van der Waals surface area contributed by atoms with Crippen molar-refractivity contribution in [2.75, 3.05) is 19.7 Å². The molecule has 3 rings (SSSR count). The summed E-state index contributed by atoms with van der Waals surface area (Å²) in [4.78, 5) is 12.0. The van der Waals surface area contributed by atoms with Crippen molar-refractivity contribution in [2.24, 2.45) is 0 Å². The third kappa shape index (κ3) is 7.24. The second-order valence-corrected chi connectivity index (χ2v) is 6.77. The number of hydrogen-bond acceptors (Lipinski definition) is 3. The van der Waals surface area contributed by atoms with E-state index in [0.29, 0.717) is 13.2 Å². The molecular weight excluding hydrogens is 360 g/mol. The summed E-state index contributed by atoms with van der Waals surface area (Å²) in [5.74, 6) is 1.02. The molecule has 2 aromatic carbocycles. The fourth-order valence-electron chi connectivity index (χ4n) is 3.26. The molecular formula is C22H29ClN2O2. The van der Waals surface area contributed by atoms with Crippen LogP contribution in [0, 0.1) is 0 Å². The molecule has 4 nitrogen and oxygen atoms in total. The third-order valence-electron chi connectivity index (χ3n) is 4.71. The van der Waals surface area contributed by atoms with Crippen LogP contribution in [0.5, 0.6) is 5.75 Å². The number of nitrogens with one attached hydrogen (secondary N) is 2. The summed E-state index contributed by atoms with van der Waals surface area (Å²) < 4.78 is 5.88. The Balaban J connectivity index is 0.00000261. The van der Waals surface area contributed by atoms with E-state index < -0.39 is 0 Å². The normalized spacial score (nSPS) is 15.8. The molecule has 1 aliphatic heterocycles. The Labute approximate surface area is 168 Å². The molecule has 0 saturated carbocycles. The molecule has 0 aliphatic carbocycles. The Morgan fingerprint density at radius 2 is 1.89 bits per heavy atom. The van der Waals surface area contributed by atoms with E-state index in [4.69, 9.17) is 4.74 Å². The van der Waals surface area contributed by atoms with E-state index in [9.17, 15) is 4.79 Å². The lowest BCUT2D eigenvalue weighted by atomic mass is 10.1. The molecule has 1 aliphatic rings. The average molecular weight is 389 g/mol. The third-order valence-corrected chi connectivity index (χ3v) is 4.71. The summed E-state index contributed by atoms with van der Waals surface area (Å²) in [6.45, 7) is 2.32. The Bertz CT molecular complexity index is 688. The molecule has 146 valence electrons. The van der Waals surface area contributed by atoms with Crippen LogP contribution in [-0.2, 0) is 17.6 Å². The van der Waals surface area contributed by atoms with E-state index in [2.05, 4.69) is 47.0 Å². The Morgan fingerprint density at radius 3 is 2.67 bits per heavy atom. The summed E-state index contributed by atoms with van der Waals surface area (Å²) in [5.41, 5.74) is 2.53. The Hall–Kier alpha value is -2.04. The Morgan fingerprint density at radius 1 is 1.07 bits per heavy atom. The lowest BCUT2D eigenvalue weighted by Gasteiger charge is -2.11. The van der Waals surface area contributed by atoms with Gasteiger partial charge in [-0.15, -0.1) is 12.4 Å². The largest absolute Gasteiger partial charge is 0.494 e. The van der Waals surface area contributed by atoms with Crippen LogP contribution in [-0.4, -0.2) is 31.6 Å². The van der Waals surface area contributed by atoms with E-state index in [1.165, 1.54) is 11.1 Å². The van der Waals surface area contributed by atoms with Crippen LogP contribution >= 0.6 is 12.4 Å². The van der Waals surface area contributed by atoms with Crippen LogP contribution in [0.4, 0.5) is 0 Å². The van der Waals surface area contributed by atoms with Crippen LogP contribution in [0.2, 0.25) is 0 Å².